The van der Waals surface area contributed by atoms with Gasteiger partial charge in [0.1, 0.15) is 5.82 Å². The maximum atomic E-state index is 14.4. The minimum atomic E-state index is -0.289. The van der Waals surface area contributed by atoms with Gasteiger partial charge in [0.05, 0.1) is 5.69 Å². The average molecular weight is 278 g/mol. The number of ketones is 1. The number of Topliss-reactive ketones (excluding diaryl/α,β-unsaturated/α-hetero) is 1. The highest BCUT2D eigenvalue weighted by Gasteiger charge is 2.18. The molecule has 1 fully saturated rings. The number of carbonyl (C=O) groups is 1. The van der Waals surface area contributed by atoms with Gasteiger partial charge in [-0.1, -0.05) is 19.8 Å². The lowest BCUT2D eigenvalue weighted by atomic mass is 10.0. The Labute approximate surface area is 120 Å². The summed E-state index contributed by atoms with van der Waals surface area (Å²) in [5.74, 6) is -0.321. The third-order valence-electron chi connectivity index (χ3n) is 3.92. The normalized spacial score (nSPS) is 15.8. The van der Waals surface area contributed by atoms with E-state index in [1.807, 2.05) is 0 Å². The molecule has 0 unspecified atom stereocenters. The second-order valence-electron chi connectivity index (χ2n) is 5.28. The molecule has 0 aliphatic carbocycles. The van der Waals surface area contributed by atoms with Crippen molar-refractivity contribution in [3.05, 3.63) is 23.5 Å². The van der Waals surface area contributed by atoms with Crippen LogP contribution in [0.4, 0.5) is 15.8 Å². The van der Waals surface area contributed by atoms with E-state index >= 15 is 0 Å². The maximum absolute atomic E-state index is 14.4. The van der Waals surface area contributed by atoms with Gasteiger partial charge in [0.25, 0.3) is 0 Å². The third-order valence-corrected chi connectivity index (χ3v) is 3.92. The summed E-state index contributed by atoms with van der Waals surface area (Å²) in [5.41, 5.74) is 1.78. The first kappa shape index (κ1) is 14.8. The Morgan fingerprint density at radius 3 is 2.45 bits per heavy atom. The van der Waals surface area contributed by atoms with Gasteiger partial charge in [-0.2, -0.15) is 0 Å². The number of carbonyl (C=O) groups excluding carboxylic acids is 1. The third kappa shape index (κ3) is 3.11. The molecule has 4 heteroatoms. The number of nitrogens with one attached hydrogen (secondary N) is 1. The first-order valence-electron chi connectivity index (χ1n) is 7.46. The van der Waals surface area contributed by atoms with Crippen molar-refractivity contribution in [3.8, 4) is 0 Å². The lowest BCUT2D eigenvalue weighted by Crippen LogP contribution is -2.25. The molecule has 1 saturated heterocycles. The second-order valence-corrected chi connectivity index (χ2v) is 5.28. The van der Waals surface area contributed by atoms with Crippen molar-refractivity contribution in [2.75, 3.05) is 30.4 Å². The topological polar surface area (TPSA) is 32.3 Å². The molecule has 3 nitrogen and oxygen atoms in total. The van der Waals surface area contributed by atoms with E-state index in [-0.39, 0.29) is 11.6 Å². The Kier molecular flexibility index (Phi) is 4.99. The number of nitrogens with zero attached hydrogens (tertiary/aromatic N) is 1. The fraction of sp³-hybridized carbons (Fsp3) is 0.562. The van der Waals surface area contributed by atoms with Crippen LogP contribution in [0.5, 0.6) is 0 Å². The molecule has 2 rings (SSSR count). The van der Waals surface area contributed by atoms with Crippen LogP contribution < -0.4 is 10.2 Å². The predicted molar refractivity (Wildman–Crippen MR) is 81.2 cm³/mol. The van der Waals surface area contributed by atoms with Crippen molar-refractivity contribution >= 4 is 17.2 Å². The molecule has 110 valence electrons. The smallest absolute Gasteiger partial charge is 0.164 e. The molecule has 0 bridgehead atoms. The largest absolute Gasteiger partial charge is 0.387 e. The maximum Gasteiger partial charge on any atom is 0.164 e. The van der Waals surface area contributed by atoms with Crippen LogP contribution in [-0.2, 0) is 0 Å². The zero-order valence-electron chi connectivity index (χ0n) is 12.3. The number of hydrogen-bond donors (Lipinski definition) is 1. The SMILES string of the molecule is CCC(=O)c1cc(F)c(N2CCCCCC2)cc1NC. The highest BCUT2D eigenvalue weighted by atomic mass is 19.1. The molecule has 1 aromatic carbocycles. The van der Waals surface area contributed by atoms with E-state index in [1.54, 1.807) is 20.0 Å². The van der Waals surface area contributed by atoms with E-state index in [0.717, 1.165) is 31.6 Å². The number of anilines is 2. The summed E-state index contributed by atoms with van der Waals surface area (Å²) in [5, 5.41) is 3.02. The number of hydrogen-bond acceptors (Lipinski definition) is 3. The van der Waals surface area contributed by atoms with Gasteiger partial charge in [-0.15, -0.1) is 0 Å². The standard InChI is InChI=1S/C16H23FN2O/c1-3-16(20)12-10-13(17)15(11-14(12)18-2)19-8-6-4-5-7-9-19/h10-11,18H,3-9H2,1-2H3. The number of rotatable bonds is 4. The van der Waals surface area contributed by atoms with Crippen molar-refractivity contribution in [3.63, 3.8) is 0 Å². The minimum absolute atomic E-state index is 0.0318. The molecule has 1 heterocycles. The molecule has 1 N–H and O–H groups in total. The molecule has 1 aliphatic rings. The first-order chi connectivity index (χ1) is 9.67. The van der Waals surface area contributed by atoms with E-state index in [0.29, 0.717) is 17.7 Å². The molecule has 0 saturated carbocycles. The highest BCUT2D eigenvalue weighted by molar-refractivity contribution is 6.01. The minimum Gasteiger partial charge on any atom is -0.387 e. The Morgan fingerprint density at radius 1 is 1.25 bits per heavy atom. The molecule has 1 aromatic rings. The highest BCUT2D eigenvalue weighted by Crippen LogP contribution is 2.29. The molecule has 0 radical (unpaired) electrons. The number of benzene rings is 1. The van der Waals surface area contributed by atoms with Gasteiger partial charge in [-0.05, 0) is 25.0 Å². The molecular formula is C16H23FN2O. The molecule has 1 aliphatic heterocycles. The van der Waals surface area contributed by atoms with E-state index in [9.17, 15) is 9.18 Å². The number of halogens is 1. The van der Waals surface area contributed by atoms with Crippen molar-refractivity contribution in [1.82, 2.24) is 0 Å². The van der Waals surface area contributed by atoms with Crippen molar-refractivity contribution < 1.29 is 9.18 Å². The summed E-state index contributed by atoms with van der Waals surface area (Å²) in [6.07, 6.45) is 5.01. The van der Waals surface area contributed by atoms with Crippen LogP contribution >= 0.6 is 0 Å². The van der Waals surface area contributed by atoms with Crippen LogP contribution in [0.3, 0.4) is 0 Å². The monoisotopic (exact) mass is 278 g/mol. The van der Waals surface area contributed by atoms with Crippen LogP contribution in [0.15, 0.2) is 12.1 Å². The van der Waals surface area contributed by atoms with E-state index < -0.39 is 0 Å². The van der Waals surface area contributed by atoms with Crippen molar-refractivity contribution in [2.45, 2.75) is 39.0 Å². The van der Waals surface area contributed by atoms with Crippen LogP contribution in [0, 0.1) is 5.82 Å². The van der Waals surface area contributed by atoms with E-state index in [4.69, 9.17) is 0 Å². The lowest BCUT2D eigenvalue weighted by molar-refractivity contribution is 0.0988. The Morgan fingerprint density at radius 2 is 1.90 bits per heavy atom. The average Bonchev–Trinajstić information content (AvgIpc) is 2.75. The summed E-state index contributed by atoms with van der Waals surface area (Å²) in [6.45, 7) is 3.57. The molecule has 0 atom stereocenters. The first-order valence-corrected chi connectivity index (χ1v) is 7.46. The van der Waals surface area contributed by atoms with Gasteiger partial charge < -0.3 is 10.2 Å². The second kappa shape index (κ2) is 6.73. The van der Waals surface area contributed by atoms with Crippen molar-refractivity contribution in [1.29, 1.82) is 0 Å². The quantitative estimate of drug-likeness (QED) is 0.849. The summed E-state index contributed by atoms with van der Waals surface area (Å²) in [4.78, 5) is 14.0. The van der Waals surface area contributed by atoms with Crippen molar-refractivity contribution in [2.24, 2.45) is 0 Å². The van der Waals surface area contributed by atoms with E-state index in [2.05, 4.69) is 10.2 Å². The Balaban J connectivity index is 2.36. The van der Waals surface area contributed by atoms with Crippen LogP contribution in [0.25, 0.3) is 0 Å². The Bertz CT molecular complexity index is 480. The molecular weight excluding hydrogens is 255 g/mol. The van der Waals surface area contributed by atoms with Gasteiger partial charge in [0.2, 0.25) is 0 Å². The fourth-order valence-electron chi connectivity index (χ4n) is 2.74. The van der Waals surface area contributed by atoms with E-state index in [1.165, 1.54) is 18.9 Å². The van der Waals surface area contributed by atoms with Gasteiger partial charge in [-0.25, -0.2) is 4.39 Å². The summed E-state index contributed by atoms with van der Waals surface area (Å²) < 4.78 is 14.4. The van der Waals surface area contributed by atoms with Gasteiger partial charge in [-0.3, -0.25) is 4.79 Å². The van der Waals surface area contributed by atoms with Crippen LogP contribution in [0.2, 0.25) is 0 Å². The summed E-state index contributed by atoms with van der Waals surface area (Å²) in [7, 11) is 1.77. The summed E-state index contributed by atoms with van der Waals surface area (Å²) >= 11 is 0. The summed E-state index contributed by atoms with van der Waals surface area (Å²) in [6, 6.07) is 3.17. The van der Waals surface area contributed by atoms with Crippen LogP contribution in [0.1, 0.15) is 49.4 Å². The van der Waals surface area contributed by atoms with Gasteiger partial charge in [0.15, 0.2) is 5.78 Å². The zero-order chi connectivity index (χ0) is 14.5. The molecule has 20 heavy (non-hydrogen) atoms. The predicted octanol–water partition coefficient (Wildman–Crippen LogP) is 3.84. The van der Waals surface area contributed by atoms with Gasteiger partial charge >= 0.3 is 0 Å². The molecule has 0 aromatic heterocycles. The Hall–Kier alpha value is -1.58. The molecule has 0 amide bonds. The van der Waals surface area contributed by atoms with Crippen LogP contribution in [-0.4, -0.2) is 25.9 Å². The fourth-order valence-corrected chi connectivity index (χ4v) is 2.74. The van der Waals surface area contributed by atoms with Gasteiger partial charge in [0, 0.05) is 37.8 Å². The molecule has 0 spiro atoms. The lowest BCUT2D eigenvalue weighted by Gasteiger charge is -2.24. The zero-order valence-corrected chi connectivity index (χ0v) is 12.3.